The molecular weight excluding hydrogens is 370 g/mol. The van der Waals surface area contributed by atoms with Gasteiger partial charge in [0.15, 0.2) is 11.5 Å². The number of carbonyl (C=O) groups excluding carboxylic acids is 1. The Morgan fingerprint density at radius 3 is 2.45 bits per heavy atom. The summed E-state index contributed by atoms with van der Waals surface area (Å²) in [7, 11) is 3.12. The van der Waals surface area contributed by atoms with Gasteiger partial charge in [-0.05, 0) is 24.6 Å². The Morgan fingerprint density at radius 1 is 1.03 bits per heavy atom. The molecule has 1 heterocycles. The largest absolute Gasteiger partial charge is 0.493 e. The number of aromatic nitrogens is 2. The van der Waals surface area contributed by atoms with Gasteiger partial charge in [0.1, 0.15) is 12.4 Å². The predicted octanol–water partition coefficient (Wildman–Crippen LogP) is 2.55. The fourth-order valence-corrected chi connectivity index (χ4v) is 2.97. The summed E-state index contributed by atoms with van der Waals surface area (Å²) in [5.41, 5.74) is 1.98. The van der Waals surface area contributed by atoms with Crippen molar-refractivity contribution in [1.29, 1.82) is 0 Å². The zero-order valence-corrected chi connectivity index (χ0v) is 16.6. The second-order valence-corrected chi connectivity index (χ2v) is 6.48. The number of nitrogens with one attached hydrogen (secondary N) is 1. The van der Waals surface area contributed by atoms with Crippen molar-refractivity contribution in [2.45, 2.75) is 20.0 Å². The van der Waals surface area contributed by atoms with Gasteiger partial charge in [0.25, 0.3) is 5.56 Å². The van der Waals surface area contributed by atoms with Crippen molar-refractivity contribution in [3.63, 3.8) is 0 Å². The van der Waals surface area contributed by atoms with Crippen LogP contribution >= 0.6 is 0 Å². The molecule has 0 saturated heterocycles. The minimum absolute atomic E-state index is 0.121. The Balaban J connectivity index is 1.77. The molecule has 7 nitrogen and oxygen atoms in total. The highest BCUT2D eigenvalue weighted by Gasteiger charge is 2.13. The standard InChI is InChI=1S/C22H23N3O4/c1-15-11-21(27)25(22(24-15)17-7-5-4-6-8-17)14-20(26)23-13-16-9-10-18(28-2)19(12-16)29-3/h4-12H,13-14H2,1-3H3,(H,23,26). The molecule has 29 heavy (non-hydrogen) atoms. The summed E-state index contributed by atoms with van der Waals surface area (Å²) in [6, 6.07) is 16.2. The minimum atomic E-state index is -0.287. The van der Waals surface area contributed by atoms with E-state index in [-0.39, 0.29) is 18.0 Å². The van der Waals surface area contributed by atoms with Crippen LogP contribution in [0.15, 0.2) is 59.4 Å². The van der Waals surface area contributed by atoms with Gasteiger partial charge in [-0.25, -0.2) is 4.98 Å². The molecule has 0 saturated carbocycles. The Hall–Kier alpha value is -3.61. The normalized spacial score (nSPS) is 10.4. The monoisotopic (exact) mass is 393 g/mol. The molecule has 0 unspecified atom stereocenters. The number of carbonyl (C=O) groups is 1. The highest BCUT2D eigenvalue weighted by atomic mass is 16.5. The van der Waals surface area contributed by atoms with Crippen LogP contribution in [0.2, 0.25) is 0 Å². The number of hydrogen-bond acceptors (Lipinski definition) is 5. The molecule has 0 aliphatic rings. The van der Waals surface area contributed by atoms with E-state index in [1.165, 1.54) is 10.6 Å². The Morgan fingerprint density at radius 2 is 1.76 bits per heavy atom. The van der Waals surface area contributed by atoms with Crippen LogP contribution in [0.25, 0.3) is 11.4 Å². The first-order chi connectivity index (χ1) is 14.0. The third kappa shape index (κ3) is 4.82. The van der Waals surface area contributed by atoms with E-state index in [4.69, 9.17) is 9.47 Å². The summed E-state index contributed by atoms with van der Waals surface area (Å²) < 4.78 is 11.9. The summed E-state index contributed by atoms with van der Waals surface area (Å²) in [4.78, 5) is 29.5. The van der Waals surface area contributed by atoms with Crippen LogP contribution in [0, 0.1) is 6.92 Å². The van der Waals surface area contributed by atoms with Crippen LogP contribution in [-0.2, 0) is 17.9 Å². The molecule has 0 atom stereocenters. The first-order valence-electron chi connectivity index (χ1n) is 9.13. The van der Waals surface area contributed by atoms with Crippen LogP contribution in [-0.4, -0.2) is 29.7 Å². The summed E-state index contributed by atoms with van der Waals surface area (Å²) in [5.74, 6) is 1.39. The Labute approximate surface area is 168 Å². The lowest BCUT2D eigenvalue weighted by Gasteiger charge is -2.14. The van der Waals surface area contributed by atoms with Crippen molar-refractivity contribution in [3.05, 3.63) is 76.2 Å². The van der Waals surface area contributed by atoms with E-state index < -0.39 is 0 Å². The van der Waals surface area contributed by atoms with Gasteiger partial charge >= 0.3 is 0 Å². The van der Waals surface area contributed by atoms with E-state index >= 15 is 0 Å². The van der Waals surface area contributed by atoms with Crippen molar-refractivity contribution in [2.24, 2.45) is 0 Å². The third-order valence-electron chi connectivity index (χ3n) is 4.41. The smallest absolute Gasteiger partial charge is 0.254 e. The number of rotatable bonds is 7. The molecule has 0 aliphatic carbocycles. The van der Waals surface area contributed by atoms with E-state index in [2.05, 4.69) is 10.3 Å². The van der Waals surface area contributed by atoms with Gasteiger partial charge in [-0.1, -0.05) is 36.4 Å². The van der Waals surface area contributed by atoms with Gasteiger partial charge < -0.3 is 14.8 Å². The van der Waals surface area contributed by atoms with Gasteiger partial charge in [0.2, 0.25) is 5.91 Å². The zero-order valence-electron chi connectivity index (χ0n) is 16.6. The van der Waals surface area contributed by atoms with Crippen molar-refractivity contribution in [2.75, 3.05) is 14.2 Å². The molecule has 1 aromatic heterocycles. The van der Waals surface area contributed by atoms with Crippen LogP contribution in [0.4, 0.5) is 0 Å². The molecule has 0 fully saturated rings. The van der Waals surface area contributed by atoms with Crippen LogP contribution in [0.3, 0.4) is 0 Å². The number of benzene rings is 2. The summed E-state index contributed by atoms with van der Waals surface area (Å²) >= 11 is 0. The third-order valence-corrected chi connectivity index (χ3v) is 4.41. The van der Waals surface area contributed by atoms with Crippen molar-refractivity contribution < 1.29 is 14.3 Å². The van der Waals surface area contributed by atoms with Crippen molar-refractivity contribution in [1.82, 2.24) is 14.9 Å². The van der Waals surface area contributed by atoms with E-state index in [1.807, 2.05) is 36.4 Å². The zero-order chi connectivity index (χ0) is 20.8. The Kier molecular flexibility index (Phi) is 6.29. The minimum Gasteiger partial charge on any atom is -0.493 e. The van der Waals surface area contributed by atoms with Crippen LogP contribution in [0.5, 0.6) is 11.5 Å². The average Bonchev–Trinajstić information content (AvgIpc) is 2.74. The second-order valence-electron chi connectivity index (χ2n) is 6.48. The molecule has 1 amide bonds. The molecule has 2 aromatic carbocycles. The average molecular weight is 393 g/mol. The molecule has 0 aliphatic heterocycles. The van der Waals surface area contributed by atoms with E-state index in [9.17, 15) is 9.59 Å². The summed E-state index contributed by atoms with van der Waals surface area (Å²) in [6.45, 7) is 1.94. The quantitative estimate of drug-likeness (QED) is 0.667. The van der Waals surface area contributed by atoms with E-state index in [1.54, 1.807) is 33.3 Å². The molecule has 0 radical (unpaired) electrons. The van der Waals surface area contributed by atoms with Crippen LogP contribution < -0.4 is 20.3 Å². The molecule has 150 valence electrons. The SMILES string of the molecule is COc1ccc(CNC(=O)Cn2c(-c3ccccc3)nc(C)cc2=O)cc1OC. The highest BCUT2D eigenvalue weighted by Crippen LogP contribution is 2.27. The van der Waals surface area contributed by atoms with Crippen molar-refractivity contribution >= 4 is 5.91 Å². The number of hydrogen-bond donors (Lipinski definition) is 1. The lowest BCUT2D eigenvalue weighted by atomic mass is 10.2. The fraction of sp³-hybridized carbons (Fsp3) is 0.227. The topological polar surface area (TPSA) is 82.5 Å². The molecule has 3 aromatic rings. The van der Waals surface area contributed by atoms with Gasteiger partial charge in [-0.15, -0.1) is 0 Å². The summed E-state index contributed by atoms with van der Waals surface area (Å²) in [5, 5.41) is 2.83. The number of nitrogens with zero attached hydrogens (tertiary/aromatic N) is 2. The Bertz CT molecular complexity index is 1060. The fourth-order valence-electron chi connectivity index (χ4n) is 2.97. The molecule has 0 bridgehead atoms. The van der Waals surface area contributed by atoms with Gasteiger partial charge in [-0.3, -0.25) is 14.2 Å². The molecule has 3 rings (SSSR count). The maximum absolute atomic E-state index is 12.5. The number of methoxy groups -OCH3 is 2. The maximum Gasteiger partial charge on any atom is 0.254 e. The second kappa shape index (κ2) is 9.05. The van der Waals surface area contributed by atoms with Crippen molar-refractivity contribution in [3.8, 4) is 22.9 Å². The first-order valence-corrected chi connectivity index (χ1v) is 9.13. The van der Waals surface area contributed by atoms with Gasteiger partial charge in [-0.2, -0.15) is 0 Å². The molecule has 7 heteroatoms. The lowest BCUT2D eigenvalue weighted by Crippen LogP contribution is -2.33. The van der Waals surface area contributed by atoms with E-state index in [0.717, 1.165) is 11.1 Å². The molecule has 1 N–H and O–H groups in total. The van der Waals surface area contributed by atoms with Gasteiger partial charge in [0.05, 0.1) is 14.2 Å². The maximum atomic E-state index is 12.5. The number of ether oxygens (including phenoxy) is 2. The highest BCUT2D eigenvalue weighted by molar-refractivity contribution is 5.76. The van der Waals surface area contributed by atoms with Gasteiger partial charge in [0, 0.05) is 23.9 Å². The molecule has 0 spiro atoms. The first kappa shape index (κ1) is 20.1. The van der Waals surface area contributed by atoms with Crippen LogP contribution in [0.1, 0.15) is 11.3 Å². The number of aryl methyl sites for hydroxylation is 1. The lowest BCUT2D eigenvalue weighted by molar-refractivity contribution is -0.121. The predicted molar refractivity (Wildman–Crippen MR) is 110 cm³/mol. The number of amides is 1. The van der Waals surface area contributed by atoms with E-state index in [0.29, 0.717) is 29.6 Å². The summed E-state index contributed by atoms with van der Waals surface area (Å²) in [6.07, 6.45) is 0. The molecular formula is C22H23N3O4.